The molecule has 1 aliphatic rings. The molecule has 1 unspecified atom stereocenters. The Morgan fingerprint density at radius 1 is 1.41 bits per heavy atom. The van der Waals surface area contributed by atoms with Crippen LogP contribution in [0.1, 0.15) is 30.3 Å². The number of nitrogens with one attached hydrogen (secondary N) is 1. The molecular formula is C16H20ClN3O2. The third kappa shape index (κ3) is 3.31. The standard InChI is InChI=1S/C16H19N3O2.ClH/c1-16(10-17,12-7-8-12)19-14(20)13-9-21-15(18-13)11-5-3-2-4-6-11;/h2-6,9,12H,7-8,10,17H2,1H3,(H,19,20);1H. The van der Waals surface area contributed by atoms with Gasteiger partial charge in [-0.3, -0.25) is 4.79 Å². The fourth-order valence-corrected chi connectivity index (χ4v) is 2.45. The Labute approximate surface area is 135 Å². The number of nitrogens with two attached hydrogens (primary N) is 1. The van der Waals surface area contributed by atoms with Gasteiger partial charge in [0, 0.05) is 12.1 Å². The van der Waals surface area contributed by atoms with E-state index >= 15 is 0 Å². The van der Waals surface area contributed by atoms with Crippen molar-refractivity contribution in [3.8, 4) is 11.5 Å². The highest BCUT2D eigenvalue weighted by atomic mass is 35.5. The summed E-state index contributed by atoms with van der Waals surface area (Å²) < 4.78 is 5.39. The molecule has 1 amide bonds. The molecule has 0 spiro atoms. The van der Waals surface area contributed by atoms with Gasteiger partial charge in [0.1, 0.15) is 6.26 Å². The third-order valence-electron chi connectivity index (χ3n) is 4.06. The molecule has 0 saturated heterocycles. The largest absolute Gasteiger partial charge is 0.444 e. The summed E-state index contributed by atoms with van der Waals surface area (Å²) in [6, 6.07) is 9.50. The average Bonchev–Trinajstić information content (AvgIpc) is 3.26. The van der Waals surface area contributed by atoms with Crippen molar-refractivity contribution in [1.29, 1.82) is 0 Å². The second kappa shape index (κ2) is 6.50. The van der Waals surface area contributed by atoms with E-state index in [1.807, 2.05) is 37.3 Å². The number of carbonyl (C=O) groups excluding carboxylic acids is 1. The van der Waals surface area contributed by atoms with Crippen molar-refractivity contribution >= 4 is 18.3 Å². The number of rotatable bonds is 5. The summed E-state index contributed by atoms with van der Waals surface area (Å²) in [5, 5.41) is 3.00. The van der Waals surface area contributed by atoms with Crippen molar-refractivity contribution < 1.29 is 9.21 Å². The van der Waals surface area contributed by atoms with Gasteiger partial charge in [0.05, 0.1) is 5.54 Å². The van der Waals surface area contributed by atoms with Crippen LogP contribution in [0.3, 0.4) is 0 Å². The normalized spacial score (nSPS) is 16.5. The topological polar surface area (TPSA) is 81.1 Å². The monoisotopic (exact) mass is 321 g/mol. The van der Waals surface area contributed by atoms with Crippen molar-refractivity contribution in [2.45, 2.75) is 25.3 Å². The number of amides is 1. The van der Waals surface area contributed by atoms with Crippen LogP contribution in [0.15, 0.2) is 41.0 Å². The number of oxazole rings is 1. The molecule has 2 aromatic rings. The number of carbonyl (C=O) groups is 1. The maximum Gasteiger partial charge on any atom is 0.273 e. The van der Waals surface area contributed by atoms with Gasteiger partial charge in [-0.1, -0.05) is 18.2 Å². The second-order valence-corrected chi connectivity index (χ2v) is 5.75. The van der Waals surface area contributed by atoms with Gasteiger partial charge in [0.2, 0.25) is 5.89 Å². The van der Waals surface area contributed by atoms with Gasteiger partial charge in [-0.05, 0) is 37.8 Å². The molecule has 5 nitrogen and oxygen atoms in total. The number of halogens is 1. The zero-order valence-electron chi connectivity index (χ0n) is 12.4. The van der Waals surface area contributed by atoms with Gasteiger partial charge in [-0.25, -0.2) is 4.98 Å². The molecule has 1 aromatic carbocycles. The number of benzene rings is 1. The minimum absolute atomic E-state index is 0. The van der Waals surface area contributed by atoms with E-state index in [9.17, 15) is 4.79 Å². The van der Waals surface area contributed by atoms with E-state index in [1.165, 1.54) is 6.26 Å². The summed E-state index contributed by atoms with van der Waals surface area (Å²) in [6.07, 6.45) is 3.62. The van der Waals surface area contributed by atoms with Gasteiger partial charge < -0.3 is 15.5 Å². The Bertz CT molecular complexity index is 640. The Kier molecular flexibility index (Phi) is 4.88. The van der Waals surface area contributed by atoms with Crippen LogP contribution >= 0.6 is 12.4 Å². The molecule has 0 radical (unpaired) electrons. The van der Waals surface area contributed by atoms with E-state index in [2.05, 4.69) is 10.3 Å². The summed E-state index contributed by atoms with van der Waals surface area (Å²) in [5.74, 6) is 0.675. The van der Waals surface area contributed by atoms with Crippen LogP contribution in [0.2, 0.25) is 0 Å². The molecule has 3 rings (SSSR count). The van der Waals surface area contributed by atoms with Crippen molar-refractivity contribution in [2.24, 2.45) is 11.7 Å². The van der Waals surface area contributed by atoms with E-state index in [4.69, 9.17) is 10.2 Å². The maximum absolute atomic E-state index is 12.3. The van der Waals surface area contributed by atoms with E-state index in [0.717, 1.165) is 18.4 Å². The maximum atomic E-state index is 12.3. The van der Waals surface area contributed by atoms with Gasteiger partial charge in [0.25, 0.3) is 5.91 Å². The number of nitrogens with zero attached hydrogens (tertiary/aromatic N) is 1. The number of hydrogen-bond donors (Lipinski definition) is 2. The molecule has 1 aromatic heterocycles. The summed E-state index contributed by atoms with van der Waals surface area (Å²) in [6.45, 7) is 2.41. The first-order chi connectivity index (χ1) is 10.1. The van der Waals surface area contributed by atoms with Gasteiger partial charge in [0.15, 0.2) is 5.69 Å². The Hall–Kier alpha value is -1.85. The van der Waals surface area contributed by atoms with Gasteiger partial charge in [-0.15, -0.1) is 12.4 Å². The molecule has 118 valence electrons. The SMILES string of the molecule is CC(CN)(NC(=O)c1coc(-c2ccccc2)n1)C1CC1.Cl. The molecule has 1 saturated carbocycles. The average molecular weight is 322 g/mol. The lowest BCUT2D eigenvalue weighted by molar-refractivity contribution is 0.0892. The van der Waals surface area contributed by atoms with Gasteiger partial charge in [-0.2, -0.15) is 0 Å². The molecule has 22 heavy (non-hydrogen) atoms. The summed E-state index contributed by atoms with van der Waals surface area (Å²) in [4.78, 5) is 16.6. The fourth-order valence-electron chi connectivity index (χ4n) is 2.45. The quantitative estimate of drug-likeness (QED) is 0.887. The molecule has 6 heteroatoms. The first-order valence-electron chi connectivity index (χ1n) is 7.16. The third-order valence-corrected chi connectivity index (χ3v) is 4.06. The minimum Gasteiger partial charge on any atom is -0.444 e. The first kappa shape index (κ1) is 16.5. The lowest BCUT2D eigenvalue weighted by Crippen LogP contribution is -2.53. The van der Waals surface area contributed by atoms with Crippen LogP contribution in [0.5, 0.6) is 0 Å². The fraction of sp³-hybridized carbons (Fsp3) is 0.375. The van der Waals surface area contributed by atoms with E-state index in [-0.39, 0.29) is 29.5 Å². The van der Waals surface area contributed by atoms with Crippen molar-refractivity contribution in [1.82, 2.24) is 10.3 Å². The van der Waals surface area contributed by atoms with Crippen LogP contribution in [0.25, 0.3) is 11.5 Å². The Balaban J connectivity index is 0.00000176. The summed E-state index contributed by atoms with van der Waals surface area (Å²) >= 11 is 0. The smallest absolute Gasteiger partial charge is 0.273 e. The van der Waals surface area contributed by atoms with E-state index in [1.54, 1.807) is 0 Å². The lowest BCUT2D eigenvalue weighted by atomic mass is 9.96. The molecule has 3 N–H and O–H groups in total. The highest BCUT2D eigenvalue weighted by molar-refractivity contribution is 5.93. The number of aromatic nitrogens is 1. The second-order valence-electron chi connectivity index (χ2n) is 5.75. The highest BCUT2D eigenvalue weighted by Gasteiger charge is 2.42. The van der Waals surface area contributed by atoms with Crippen LogP contribution in [0.4, 0.5) is 0 Å². The van der Waals surface area contributed by atoms with Gasteiger partial charge >= 0.3 is 0 Å². The Morgan fingerprint density at radius 2 is 2.09 bits per heavy atom. The van der Waals surface area contributed by atoms with Crippen LogP contribution < -0.4 is 11.1 Å². The zero-order valence-corrected chi connectivity index (χ0v) is 13.2. The molecule has 1 heterocycles. The van der Waals surface area contributed by atoms with Crippen LogP contribution in [-0.4, -0.2) is 23.0 Å². The molecular weight excluding hydrogens is 302 g/mol. The lowest BCUT2D eigenvalue weighted by Gasteiger charge is -2.28. The molecule has 0 aliphatic heterocycles. The molecule has 1 fully saturated rings. The van der Waals surface area contributed by atoms with Crippen molar-refractivity contribution in [2.75, 3.05) is 6.54 Å². The van der Waals surface area contributed by atoms with Crippen LogP contribution in [-0.2, 0) is 0 Å². The van der Waals surface area contributed by atoms with E-state index < -0.39 is 0 Å². The summed E-state index contributed by atoms with van der Waals surface area (Å²) in [5.41, 5.74) is 6.59. The molecule has 1 atom stereocenters. The van der Waals surface area contributed by atoms with Crippen molar-refractivity contribution in [3.05, 3.63) is 42.3 Å². The van der Waals surface area contributed by atoms with E-state index in [0.29, 0.717) is 18.4 Å². The van der Waals surface area contributed by atoms with Crippen molar-refractivity contribution in [3.63, 3.8) is 0 Å². The first-order valence-corrected chi connectivity index (χ1v) is 7.16. The predicted molar refractivity (Wildman–Crippen MR) is 86.8 cm³/mol. The number of hydrogen-bond acceptors (Lipinski definition) is 4. The van der Waals surface area contributed by atoms with Crippen LogP contribution in [0, 0.1) is 5.92 Å². The molecule has 0 bridgehead atoms. The highest BCUT2D eigenvalue weighted by Crippen LogP contribution is 2.39. The Morgan fingerprint density at radius 3 is 2.68 bits per heavy atom. The predicted octanol–water partition coefficient (Wildman–Crippen LogP) is 2.62. The minimum atomic E-state index is -0.358. The summed E-state index contributed by atoms with van der Waals surface area (Å²) in [7, 11) is 0. The molecule has 1 aliphatic carbocycles. The zero-order chi connectivity index (χ0) is 14.9.